The molecule has 4 rings (SSSR count). The molecule has 0 amide bonds. The van der Waals surface area contributed by atoms with E-state index in [0.717, 1.165) is 50.7 Å². The molecule has 2 unspecified atom stereocenters. The predicted octanol–water partition coefficient (Wildman–Crippen LogP) is 7.08. The highest BCUT2D eigenvalue weighted by molar-refractivity contribution is 6.24. The molecule has 0 saturated heterocycles. The van der Waals surface area contributed by atoms with E-state index in [1.54, 1.807) is 6.92 Å². The van der Waals surface area contributed by atoms with Gasteiger partial charge in [-0.2, -0.15) is 0 Å². The zero-order chi connectivity index (χ0) is 23.8. The van der Waals surface area contributed by atoms with E-state index in [0.29, 0.717) is 13.0 Å². The molecule has 172 valence electrons. The van der Waals surface area contributed by atoms with Gasteiger partial charge in [0.25, 0.3) is 0 Å². The molecule has 4 heteroatoms. The molecule has 4 nitrogen and oxygen atoms in total. The number of hydrogen-bond donors (Lipinski definition) is 1. The van der Waals surface area contributed by atoms with Gasteiger partial charge >= 0.3 is 11.9 Å². The number of benzene rings is 4. The Morgan fingerprint density at radius 3 is 2.18 bits per heavy atom. The maximum absolute atomic E-state index is 13.1. The number of hydrogen-bond acceptors (Lipinski definition) is 3. The van der Waals surface area contributed by atoms with E-state index < -0.39 is 16.8 Å². The lowest BCUT2D eigenvalue weighted by molar-refractivity contribution is -0.158. The molecule has 4 aromatic carbocycles. The number of carbonyl (C=O) groups is 2. The van der Waals surface area contributed by atoms with Gasteiger partial charge in [0.05, 0.1) is 17.4 Å². The van der Waals surface area contributed by atoms with Crippen LogP contribution in [0.3, 0.4) is 0 Å². The first kappa shape index (κ1) is 23.0. The average molecular weight is 445 g/mol. The van der Waals surface area contributed by atoms with Gasteiger partial charge in [-0.3, -0.25) is 9.59 Å². The third-order valence-corrected chi connectivity index (χ3v) is 7.32. The first-order valence-corrected chi connectivity index (χ1v) is 11.8. The summed E-state index contributed by atoms with van der Waals surface area (Å²) in [5.74, 6) is -1.25. The van der Waals surface area contributed by atoms with Gasteiger partial charge in [-0.05, 0) is 77.1 Å². The van der Waals surface area contributed by atoms with Gasteiger partial charge in [-0.15, -0.1) is 0 Å². The molecule has 0 saturated carbocycles. The molecule has 0 spiro atoms. The number of carbonyl (C=O) groups excluding carboxylic acids is 1. The number of rotatable bonds is 9. The van der Waals surface area contributed by atoms with Crippen LogP contribution >= 0.6 is 0 Å². The Labute approximate surface area is 194 Å². The highest BCUT2D eigenvalue weighted by atomic mass is 16.5. The summed E-state index contributed by atoms with van der Waals surface area (Å²) in [6.45, 7) is 7.92. The number of esters is 1. The molecule has 1 N–H and O–H groups in total. The maximum Gasteiger partial charge on any atom is 0.313 e. The lowest BCUT2D eigenvalue weighted by Gasteiger charge is -2.36. The molecule has 0 heterocycles. The standard InChI is InChI=1S/C29H32O4/c1-5-7-16-33-27(32)28(3,6-2)18-29(4,26(30)31)23-17-21-12-8-10-19-14-15-20-11-9-13-22(23)25(20)24(19)21/h8-15,17H,5-7,16,18H2,1-4H3,(H,30,31). The van der Waals surface area contributed by atoms with Crippen LogP contribution in [-0.4, -0.2) is 23.7 Å². The van der Waals surface area contributed by atoms with Crippen LogP contribution in [0.15, 0.2) is 54.6 Å². The molecule has 0 bridgehead atoms. The summed E-state index contributed by atoms with van der Waals surface area (Å²) in [4.78, 5) is 25.9. The summed E-state index contributed by atoms with van der Waals surface area (Å²) in [7, 11) is 0. The lowest BCUT2D eigenvalue weighted by Crippen LogP contribution is -2.42. The van der Waals surface area contributed by atoms with Gasteiger partial charge in [0.2, 0.25) is 0 Å². The van der Waals surface area contributed by atoms with E-state index in [9.17, 15) is 14.7 Å². The molecule has 4 aromatic rings. The summed E-state index contributed by atoms with van der Waals surface area (Å²) >= 11 is 0. The summed E-state index contributed by atoms with van der Waals surface area (Å²) in [6, 6.07) is 18.4. The van der Waals surface area contributed by atoms with Crippen LogP contribution in [0.2, 0.25) is 0 Å². The van der Waals surface area contributed by atoms with Gasteiger partial charge in [-0.1, -0.05) is 68.8 Å². The van der Waals surface area contributed by atoms with Crippen molar-refractivity contribution in [3.8, 4) is 0 Å². The molecular weight excluding hydrogens is 412 g/mol. The molecule has 0 aliphatic rings. The third-order valence-electron chi connectivity index (χ3n) is 7.32. The molecule has 0 aromatic heterocycles. The fraction of sp³-hybridized carbons (Fsp3) is 0.379. The lowest BCUT2D eigenvalue weighted by atomic mass is 9.67. The van der Waals surface area contributed by atoms with E-state index in [4.69, 9.17) is 4.74 Å². The first-order chi connectivity index (χ1) is 15.7. The molecule has 0 aliphatic heterocycles. The average Bonchev–Trinajstić information content (AvgIpc) is 2.82. The molecule has 0 aliphatic carbocycles. The fourth-order valence-electron chi connectivity index (χ4n) is 5.11. The Bertz CT molecular complexity index is 1320. The van der Waals surface area contributed by atoms with E-state index in [1.165, 1.54) is 0 Å². The van der Waals surface area contributed by atoms with Crippen molar-refractivity contribution in [2.75, 3.05) is 6.61 Å². The van der Waals surface area contributed by atoms with E-state index in [1.807, 2.05) is 51.1 Å². The second-order valence-electron chi connectivity index (χ2n) is 9.69. The monoisotopic (exact) mass is 444 g/mol. The van der Waals surface area contributed by atoms with E-state index in [-0.39, 0.29) is 12.4 Å². The van der Waals surface area contributed by atoms with Crippen molar-refractivity contribution in [2.45, 2.75) is 58.8 Å². The van der Waals surface area contributed by atoms with Crippen LogP contribution in [0.1, 0.15) is 58.9 Å². The van der Waals surface area contributed by atoms with E-state index >= 15 is 0 Å². The van der Waals surface area contributed by atoms with Crippen LogP contribution in [0.5, 0.6) is 0 Å². The van der Waals surface area contributed by atoms with Crippen LogP contribution in [0.4, 0.5) is 0 Å². The van der Waals surface area contributed by atoms with Crippen molar-refractivity contribution in [3.05, 3.63) is 60.2 Å². The van der Waals surface area contributed by atoms with Gasteiger partial charge in [0, 0.05) is 0 Å². The van der Waals surface area contributed by atoms with Crippen molar-refractivity contribution in [2.24, 2.45) is 5.41 Å². The van der Waals surface area contributed by atoms with Gasteiger partial charge in [-0.25, -0.2) is 0 Å². The van der Waals surface area contributed by atoms with Crippen LogP contribution < -0.4 is 0 Å². The van der Waals surface area contributed by atoms with Crippen molar-refractivity contribution >= 4 is 44.3 Å². The van der Waals surface area contributed by atoms with E-state index in [2.05, 4.69) is 24.3 Å². The number of ether oxygens (including phenoxy) is 1. The smallest absolute Gasteiger partial charge is 0.313 e. The zero-order valence-electron chi connectivity index (χ0n) is 19.9. The minimum atomic E-state index is -1.27. The molecule has 2 atom stereocenters. The third kappa shape index (κ3) is 3.82. The van der Waals surface area contributed by atoms with Crippen LogP contribution in [-0.2, 0) is 19.7 Å². The van der Waals surface area contributed by atoms with Gasteiger partial charge < -0.3 is 9.84 Å². The Balaban J connectivity index is 1.91. The fourth-order valence-corrected chi connectivity index (χ4v) is 5.11. The summed E-state index contributed by atoms with van der Waals surface area (Å²) < 4.78 is 5.56. The number of aliphatic carboxylic acids is 1. The first-order valence-electron chi connectivity index (χ1n) is 11.8. The van der Waals surface area contributed by atoms with Crippen LogP contribution in [0, 0.1) is 5.41 Å². The quantitative estimate of drug-likeness (QED) is 0.170. The summed E-state index contributed by atoms with van der Waals surface area (Å²) in [5.41, 5.74) is -1.43. The van der Waals surface area contributed by atoms with Gasteiger partial charge in [0.1, 0.15) is 0 Å². The largest absolute Gasteiger partial charge is 0.481 e. The number of unbranched alkanes of at least 4 members (excludes halogenated alkanes) is 1. The normalized spacial score (nSPS) is 15.5. The minimum absolute atomic E-state index is 0.164. The topological polar surface area (TPSA) is 63.6 Å². The molecule has 0 fully saturated rings. The maximum atomic E-state index is 13.1. The summed E-state index contributed by atoms with van der Waals surface area (Å²) in [6.07, 6.45) is 2.40. The molecular formula is C29H32O4. The minimum Gasteiger partial charge on any atom is -0.481 e. The zero-order valence-corrected chi connectivity index (χ0v) is 19.9. The number of carboxylic acids is 1. The Kier molecular flexibility index (Phi) is 6.04. The Hall–Kier alpha value is -3.14. The Morgan fingerprint density at radius 2 is 1.55 bits per heavy atom. The SMILES string of the molecule is CCCCOC(=O)C(C)(CC)CC(C)(C(=O)O)c1cc2cccc3ccc4cccc1c4c32. The molecule has 0 radical (unpaired) electrons. The van der Waals surface area contributed by atoms with Gasteiger partial charge in [0.15, 0.2) is 0 Å². The van der Waals surface area contributed by atoms with Crippen molar-refractivity contribution in [1.82, 2.24) is 0 Å². The summed E-state index contributed by atoms with van der Waals surface area (Å²) in [5, 5.41) is 16.9. The van der Waals surface area contributed by atoms with Crippen molar-refractivity contribution < 1.29 is 19.4 Å². The second-order valence-corrected chi connectivity index (χ2v) is 9.69. The Morgan fingerprint density at radius 1 is 0.909 bits per heavy atom. The highest BCUT2D eigenvalue weighted by Crippen LogP contribution is 2.46. The molecule has 33 heavy (non-hydrogen) atoms. The second kappa shape index (κ2) is 8.66. The predicted molar refractivity (Wildman–Crippen MR) is 134 cm³/mol. The van der Waals surface area contributed by atoms with Crippen LogP contribution in [0.25, 0.3) is 32.3 Å². The van der Waals surface area contributed by atoms with Crippen molar-refractivity contribution in [1.29, 1.82) is 0 Å². The highest BCUT2D eigenvalue weighted by Gasteiger charge is 2.46. The van der Waals surface area contributed by atoms with Crippen molar-refractivity contribution in [3.63, 3.8) is 0 Å². The number of carboxylic acid groups (broad SMARTS) is 1.